The van der Waals surface area contributed by atoms with Crippen LogP contribution in [0, 0.1) is 11.8 Å². The van der Waals surface area contributed by atoms with Gasteiger partial charge in [0, 0.05) is 18.2 Å². The molecule has 0 unspecified atom stereocenters. The van der Waals surface area contributed by atoms with Crippen LogP contribution in [0.3, 0.4) is 0 Å². The molecule has 1 aromatic rings. The summed E-state index contributed by atoms with van der Waals surface area (Å²) in [7, 11) is 0. The molecule has 2 aliphatic rings. The Bertz CT molecular complexity index is 521. The fourth-order valence-corrected chi connectivity index (χ4v) is 2.72. The van der Waals surface area contributed by atoms with E-state index in [9.17, 15) is 0 Å². The lowest BCUT2D eigenvalue weighted by atomic mass is 9.74. The normalized spacial score (nSPS) is 25.8. The van der Waals surface area contributed by atoms with Crippen LogP contribution in [0.5, 0.6) is 0 Å². The minimum absolute atomic E-state index is 0.560. The average Bonchev–Trinajstić information content (AvgIpc) is 2.79. The number of nitrogens with one attached hydrogen (secondary N) is 2. The third kappa shape index (κ3) is 2.84. The van der Waals surface area contributed by atoms with E-state index in [0.29, 0.717) is 11.0 Å². The highest BCUT2D eigenvalue weighted by Gasteiger charge is 2.37. The average molecular weight is 271 g/mol. The van der Waals surface area contributed by atoms with E-state index in [1.807, 2.05) is 18.2 Å². The maximum atomic E-state index is 5.22. The van der Waals surface area contributed by atoms with E-state index in [0.717, 1.165) is 18.9 Å². The molecule has 19 heavy (non-hydrogen) atoms. The molecule has 98 valence electrons. The highest BCUT2D eigenvalue weighted by molar-refractivity contribution is 7.80. The van der Waals surface area contributed by atoms with Gasteiger partial charge in [-0.1, -0.05) is 42.5 Å². The Labute approximate surface area is 118 Å². The highest BCUT2D eigenvalue weighted by atomic mass is 32.1. The lowest BCUT2D eigenvalue weighted by Crippen LogP contribution is -2.38. The lowest BCUT2D eigenvalue weighted by Gasteiger charge is -2.31. The van der Waals surface area contributed by atoms with Gasteiger partial charge in [-0.05, 0) is 36.5 Å². The molecule has 3 rings (SSSR count). The first-order chi connectivity index (χ1) is 9.33. The second kappa shape index (κ2) is 5.53. The van der Waals surface area contributed by atoms with Gasteiger partial charge < -0.3 is 5.32 Å². The Morgan fingerprint density at radius 2 is 2.16 bits per heavy atom. The molecule has 0 saturated heterocycles. The summed E-state index contributed by atoms with van der Waals surface area (Å²) in [4.78, 5) is 0. The van der Waals surface area contributed by atoms with E-state index >= 15 is 0 Å². The topological polar surface area (TPSA) is 36.4 Å². The van der Waals surface area contributed by atoms with Crippen molar-refractivity contribution in [1.82, 2.24) is 10.7 Å². The Balaban J connectivity index is 1.45. The van der Waals surface area contributed by atoms with Gasteiger partial charge in [-0.3, -0.25) is 5.43 Å². The molecule has 1 saturated carbocycles. The van der Waals surface area contributed by atoms with Crippen LogP contribution in [-0.2, 0) is 6.54 Å². The number of hydrogen-bond donors (Lipinski definition) is 2. The van der Waals surface area contributed by atoms with Gasteiger partial charge in [-0.25, -0.2) is 0 Å². The SMILES string of the molecule is S=C(NCc1ccccc1)N/N=C1/C[C@@H]2CC=C[C@H]12. The molecule has 1 aromatic carbocycles. The van der Waals surface area contributed by atoms with Crippen molar-refractivity contribution in [3.05, 3.63) is 48.0 Å². The van der Waals surface area contributed by atoms with Crippen LogP contribution in [0.1, 0.15) is 18.4 Å². The third-order valence-corrected chi connectivity index (χ3v) is 3.98. The minimum Gasteiger partial charge on any atom is -0.357 e. The molecule has 4 heteroatoms. The molecule has 1 fully saturated rings. The summed E-state index contributed by atoms with van der Waals surface area (Å²) < 4.78 is 0. The Kier molecular flexibility index (Phi) is 3.60. The maximum Gasteiger partial charge on any atom is 0.187 e. The number of allylic oxidation sites excluding steroid dienone is 2. The Morgan fingerprint density at radius 1 is 1.32 bits per heavy atom. The molecule has 0 spiro atoms. The third-order valence-electron chi connectivity index (χ3n) is 3.74. The maximum absolute atomic E-state index is 5.22. The van der Waals surface area contributed by atoms with Crippen molar-refractivity contribution >= 4 is 23.0 Å². The van der Waals surface area contributed by atoms with E-state index in [4.69, 9.17) is 12.2 Å². The van der Waals surface area contributed by atoms with Crippen LogP contribution >= 0.6 is 12.2 Å². The zero-order valence-corrected chi connectivity index (χ0v) is 11.5. The van der Waals surface area contributed by atoms with Crippen LogP contribution in [0.2, 0.25) is 0 Å². The molecule has 2 aliphatic carbocycles. The molecular weight excluding hydrogens is 254 g/mol. The van der Waals surface area contributed by atoms with Gasteiger partial charge in [0.2, 0.25) is 0 Å². The fourth-order valence-electron chi connectivity index (χ4n) is 2.60. The van der Waals surface area contributed by atoms with Crippen molar-refractivity contribution in [2.45, 2.75) is 19.4 Å². The second-order valence-electron chi connectivity index (χ2n) is 5.04. The van der Waals surface area contributed by atoms with Crippen molar-refractivity contribution < 1.29 is 0 Å². The van der Waals surface area contributed by atoms with Crippen molar-refractivity contribution in [1.29, 1.82) is 0 Å². The van der Waals surface area contributed by atoms with Crippen LogP contribution < -0.4 is 10.7 Å². The minimum atomic E-state index is 0.560. The van der Waals surface area contributed by atoms with E-state index in [1.54, 1.807) is 0 Å². The lowest BCUT2D eigenvalue weighted by molar-refractivity contribution is 0.444. The predicted octanol–water partition coefficient (Wildman–Crippen LogP) is 2.60. The van der Waals surface area contributed by atoms with Gasteiger partial charge in [-0.2, -0.15) is 5.10 Å². The number of rotatable bonds is 3. The molecule has 0 aliphatic heterocycles. The van der Waals surface area contributed by atoms with E-state index in [1.165, 1.54) is 17.7 Å². The molecule has 0 radical (unpaired) electrons. The van der Waals surface area contributed by atoms with Crippen molar-refractivity contribution in [3.63, 3.8) is 0 Å². The molecule has 0 amide bonds. The number of benzene rings is 1. The van der Waals surface area contributed by atoms with Crippen LogP contribution in [0.25, 0.3) is 0 Å². The molecule has 3 nitrogen and oxygen atoms in total. The smallest absolute Gasteiger partial charge is 0.187 e. The first-order valence-corrected chi connectivity index (χ1v) is 7.04. The summed E-state index contributed by atoms with van der Waals surface area (Å²) in [5.74, 6) is 1.36. The van der Waals surface area contributed by atoms with Gasteiger partial charge in [0.1, 0.15) is 0 Å². The summed E-state index contributed by atoms with van der Waals surface area (Å²) in [6.45, 7) is 0.726. The first kappa shape index (κ1) is 12.4. The molecule has 0 heterocycles. The summed E-state index contributed by atoms with van der Waals surface area (Å²) >= 11 is 5.22. The second-order valence-corrected chi connectivity index (χ2v) is 5.45. The van der Waals surface area contributed by atoms with Crippen molar-refractivity contribution in [2.24, 2.45) is 16.9 Å². The Morgan fingerprint density at radius 3 is 2.95 bits per heavy atom. The first-order valence-electron chi connectivity index (χ1n) is 6.64. The van der Waals surface area contributed by atoms with Crippen LogP contribution in [0.15, 0.2) is 47.6 Å². The zero-order valence-electron chi connectivity index (χ0n) is 10.7. The van der Waals surface area contributed by atoms with Crippen LogP contribution in [0.4, 0.5) is 0 Å². The van der Waals surface area contributed by atoms with Gasteiger partial charge in [0.05, 0.1) is 0 Å². The van der Waals surface area contributed by atoms with E-state index < -0.39 is 0 Å². The number of thiocarbonyl (C=S) groups is 1. The zero-order chi connectivity index (χ0) is 13.1. The van der Waals surface area contributed by atoms with Crippen molar-refractivity contribution in [2.75, 3.05) is 0 Å². The summed E-state index contributed by atoms with van der Waals surface area (Å²) in [6, 6.07) is 10.2. The van der Waals surface area contributed by atoms with E-state index in [-0.39, 0.29) is 0 Å². The van der Waals surface area contributed by atoms with E-state index in [2.05, 4.69) is 40.1 Å². The Hall–Kier alpha value is -1.68. The number of fused-ring (bicyclic) bond motifs is 1. The number of hydrogen-bond acceptors (Lipinski definition) is 2. The molecule has 2 N–H and O–H groups in total. The van der Waals surface area contributed by atoms with Gasteiger partial charge in [0.15, 0.2) is 5.11 Å². The number of hydrazone groups is 1. The monoisotopic (exact) mass is 271 g/mol. The standard InChI is InChI=1S/C15H17N3S/c19-15(16-10-11-5-2-1-3-6-11)18-17-14-9-12-7-4-8-13(12)14/h1-6,8,12-13H,7,9-10H2,(H2,16,18,19)/b17-14-/t12-,13-/m0/s1. The molecule has 2 atom stereocenters. The quantitative estimate of drug-likeness (QED) is 0.504. The summed E-state index contributed by atoms with van der Waals surface area (Å²) in [6.07, 6.45) is 6.82. The van der Waals surface area contributed by atoms with Gasteiger partial charge >= 0.3 is 0 Å². The molecular formula is C15H17N3S. The van der Waals surface area contributed by atoms with Crippen molar-refractivity contribution in [3.8, 4) is 0 Å². The summed E-state index contributed by atoms with van der Waals surface area (Å²) in [5.41, 5.74) is 5.38. The largest absolute Gasteiger partial charge is 0.357 e. The van der Waals surface area contributed by atoms with Crippen LogP contribution in [-0.4, -0.2) is 10.8 Å². The summed E-state index contributed by atoms with van der Waals surface area (Å²) in [5, 5.41) is 8.14. The van der Waals surface area contributed by atoms with Gasteiger partial charge in [0.25, 0.3) is 0 Å². The number of nitrogens with zero attached hydrogens (tertiary/aromatic N) is 1. The molecule has 0 aromatic heterocycles. The fraction of sp³-hybridized carbons (Fsp3) is 0.333. The van der Waals surface area contributed by atoms with Gasteiger partial charge in [-0.15, -0.1) is 0 Å². The predicted molar refractivity (Wildman–Crippen MR) is 81.8 cm³/mol. The molecule has 0 bridgehead atoms. The highest BCUT2D eigenvalue weighted by Crippen LogP contribution is 2.40.